The van der Waals surface area contributed by atoms with Crippen LogP contribution in [0.2, 0.25) is 5.02 Å². The number of thioether (sulfide) groups is 1. The lowest BCUT2D eigenvalue weighted by Crippen LogP contribution is -2.23. The molecule has 0 atom stereocenters. The van der Waals surface area contributed by atoms with Gasteiger partial charge in [-0.25, -0.2) is 4.98 Å². The molecule has 2 amide bonds. The van der Waals surface area contributed by atoms with Crippen LogP contribution in [-0.4, -0.2) is 27.1 Å². The van der Waals surface area contributed by atoms with Gasteiger partial charge in [0.05, 0.1) is 22.3 Å². The number of fused-ring (bicyclic) bond motifs is 1. The van der Waals surface area contributed by atoms with Crippen LogP contribution in [0.5, 0.6) is 0 Å². The third-order valence-electron chi connectivity index (χ3n) is 4.96. The number of aryl methyl sites for hydroxylation is 1. The average Bonchev–Trinajstić information content (AvgIpc) is 2.78. The second kappa shape index (κ2) is 10.1. The maximum Gasteiger partial charge on any atom is 0.266 e. The Kier molecular flexibility index (Phi) is 7.00. The maximum absolute atomic E-state index is 13.4. The molecule has 2 N–H and O–H groups in total. The number of nitrogens with zero attached hydrogens (tertiary/aromatic N) is 2. The van der Waals surface area contributed by atoms with Crippen LogP contribution in [0, 0.1) is 6.92 Å². The number of para-hydroxylation sites is 1. The van der Waals surface area contributed by atoms with Gasteiger partial charge >= 0.3 is 0 Å². The fourth-order valence-electron chi connectivity index (χ4n) is 3.47. The summed E-state index contributed by atoms with van der Waals surface area (Å²) in [6, 6.07) is 19.3. The Morgan fingerprint density at radius 2 is 1.74 bits per heavy atom. The van der Waals surface area contributed by atoms with Crippen molar-refractivity contribution in [2.45, 2.75) is 19.0 Å². The summed E-state index contributed by atoms with van der Waals surface area (Å²) in [5, 5.41) is 6.79. The number of anilines is 2. The summed E-state index contributed by atoms with van der Waals surface area (Å²) in [6.45, 7) is 3.33. The van der Waals surface area contributed by atoms with Gasteiger partial charge in [0.1, 0.15) is 0 Å². The minimum atomic E-state index is -0.276. The molecule has 172 valence electrons. The first-order valence-electron chi connectivity index (χ1n) is 10.4. The lowest BCUT2D eigenvalue weighted by atomic mass is 10.2. The van der Waals surface area contributed by atoms with Crippen LogP contribution < -0.4 is 16.2 Å². The summed E-state index contributed by atoms with van der Waals surface area (Å²) in [5.41, 5.74) is 2.96. The van der Waals surface area contributed by atoms with E-state index in [2.05, 4.69) is 15.6 Å². The van der Waals surface area contributed by atoms with Gasteiger partial charge in [0.2, 0.25) is 11.8 Å². The summed E-state index contributed by atoms with van der Waals surface area (Å²) in [6.07, 6.45) is 0. The highest BCUT2D eigenvalue weighted by molar-refractivity contribution is 7.99. The summed E-state index contributed by atoms with van der Waals surface area (Å²) < 4.78 is 1.53. The molecule has 0 fully saturated rings. The van der Waals surface area contributed by atoms with E-state index in [0.29, 0.717) is 38.1 Å². The summed E-state index contributed by atoms with van der Waals surface area (Å²) in [5.74, 6) is -0.452. The van der Waals surface area contributed by atoms with Gasteiger partial charge in [0, 0.05) is 23.3 Å². The summed E-state index contributed by atoms with van der Waals surface area (Å²) >= 11 is 7.28. The molecule has 0 saturated heterocycles. The standard InChI is InChI=1S/C25H21ClN4O3S/c1-15-6-3-4-9-22(15)30-24(33)20-11-10-17(26)12-21(20)29-25(30)34-14-23(32)28-19-8-5-7-18(13-19)27-16(2)31/h3-13H,14H2,1-2H3,(H,27,31)(H,28,32). The van der Waals surface area contributed by atoms with Crippen molar-refractivity contribution in [3.63, 3.8) is 0 Å². The minimum absolute atomic E-state index is 0.0226. The Labute approximate surface area is 205 Å². The zero-order valence-corrected chi connectivity index (χ0v) is 20.0. The predicted octanol–water partition coefficient (Wildman–Crippen LogP) is 5.04. The first-order valence-corrected chi connectivity index (χ1v) is 11.8. The van der Waals surface area contributed by atoms with Crippen LogP contribution in [0.1, 0.15) is 12.5 Å². The highest BCUT2D eigenvalue weighted by Gasteiger charge is 2.16. The average molecular weight is 493 g/mol. The molecule has 0 aliphatic heterocycles. The van der Waals surface area contributed by atoms with E-state index in [1.807, 2.05) is 31.2 Å². The first kappa shape index (κ1) is 23.5. The Morgan fingerprint density at radius 3 is 2.47 bits per heavy atom. The Balaban J connectivity index is 1.64. The third-order valence-corrected chi connectivity index (χ3v) is 6.13. The molecule has 0 unspecified atom stereocenters. The van der Waals surface area contributed by atoms with Gasteiger partial charge in [0.15, 0.2) is 5.16 Å². The van der Waals surface area contributed by atoms with Crippen LogP contribution in [0.25, 0.3) is 16.6 Å². The number of hydrogen-bond donors (Lipinski definition) is 2. The molecule has 0 radical (unpaired) electrons. The summed E-state index contributed by atoms with van der Waals surface area (Å²) in [7, 11) is 0. The van der Waals surface area contributed by atoms with E-state index in [0.717, 1.165) is 17.3 Å². The number of hydrogen-bond acceptors (Lipinski definition) is 5. The molecule has 0 spiro atoms. The number of benzene rings is 3. The van der Waals surface area contributed by atoms with Gasteiger partial charge in [-0.1, -0.05) is 47.6 Å². The van der Waals surface area contributed by atoms with Crippen molar-refractivity contribution < 1.29 is 9.59 Å². The van der Waals surface area contributed by atoms with Gasteiger partial charge in [0.25, 0.3) is 5.56 Å². The molecule has 7 nitrogen and oxygen atoms in total. The molecule has 0 saturated carbocycles. The van der Waals surface area contributed by atoms with Crippen molar-refractivity contribution in [2.24, 2.45) is 0 Å². The number of nitrogens with one attached hydrogen (secondary N) is 2. The molecule has 9 heteroatoms. The summed E-state index contributed by atoms with van der Waals surface area (Å²) in [4.78, 5) is 42.0. The van der Waals surface area contributed by atoms with Crippen molar-refractivity contribution >= 4 is 57.5 Å². The monoisotopic (exact) mass is 492 g/mol. The van der Waals surface area contributed by atoms with E-state index in [4.69, 9.17) is 11.6 Å². The van der Waals surface area contributed by atoms with Gasteiger partial charge in [-0.05, 0) is 55.0 Å². The SMILES string of the molecule is CC(=O)Nc1cccc(NC(=O)CSc2nc3cc(Cl)ccc3c(=O)n2-c2ccccc2C)c1. The van der Waals surface area contributed by atoms with Crippen molar-refractivity contribution in [3.8, 4) is 5.69 Å². The molecule has 1 heterocycles. The van der Waals surface area contributed by atoms with Crippen LogP contribution in [0.4, 0.5) is 11.4 Å². The van der Waals surface area contributed by atoms with Crippen molar-refractivity contribution in [2.75, 3.05) is 16.4 Å². The molecule has 0 bridgehead atoms. The molecular formula is C25H21ClN4O3S. The highest BCUT2D eigenvalue weighted by atomic mass is 35.5. The van der Waals surface area contributed by atoms with Crippen molar-refractivity contribution in [3.05, 3.63) is 87.7 Å². The van der Waals surface area contributed by atoms with Gasteiger partial charge in [-0.15, -0.1) is 0 Å². The second-order valence-corrected chi connectivity index (χ2v) is 8.96. The van der Waals surface area contributed by atoms with E-state index in [9.17, 15) is 14.4 Å². The maximum atomic E-state index is 13.4. The number of halogens is 1. The Hall–Kier alpha value is -3.62. The predicted molar refractivity (Wildman–Crippen MR) is 137 cm³/mol. The first-order chi connectivity index (χ1) is 16.3. The number of rotatable bonds is 6. The molecule has 4 rings (SSSR count). The number of carbonyl (C=O) groups excluding carboxylic acids is 2. The van der Waals surface area contributed by atoms with Crippen molar-refractivity contribution in [1.29, 1.82) is 0 Å². The second-order valence-electron chi connectivity index (χ2n) is 7.58. The largest absolute Gasteiger partial charge is 0.326 e. The molecule has 34 heavy (non-hydrogen) atoms. The van der Waals surface area contributed by atoms with Gasteiger partial charge < -0.3 is 10.6 Å². The van der Waals surface area contributed by atoms with E-state index in [-0.39, 0.29) is 23.1 Å². The highest BCUT2D eigenvalue weighted by Crippen LogP contribution is 2.25. The van der Waals surface area contributed by atoms with Crippen LogP contribution in [-0.2, 0) is 9.59 Å². The van der Waals surface area contributed by atoms with E-state index >= 15 is 0 Å². The quantitative estimate of drug-likeness (QED) is 0.290. The normalized spacial score (nSPS) is 10.8. The van der Waals surface area contributed by atoms with E-state index < -0.39 is 0 Å². The zero-order chi connectivity index (χ0) is 24.2. The van der Waals surface area contributed by atoms with Gasteiger partial charge in [-0.3, -0.25) is 19.0 Å². The number of amides is 2. The molecular weight excluding hydrogens is 472 g/mol. The molecule has 1 aromatic heterocycles. The fourth-order valence-corrected chi connectivity index (χ4v) is 4.44. The van der Waals surface area contributed by atoms with Crippen molar-refractivity contribution in [1.82, 2.24) is 9.55 Å². The minimum Gasteiger partial charge on any atom is -0.326 e. The van der Waals surface area contributed by atoms with Gasteiger partial charge in [-0.2, -0.15) is 0 Å². The smallest absolute Gasteiger partial charge is 0.266 e. The molecule has 0 aliphatic rings. The van der Waals surface area contributed by atoms with Crippen LogP contribution >= 0.6 is 23.4 Å². The van der Waals surface area contributed by atoms with E-state index in [1.165, 1.54) is 11.5 Å². The Morgan fingerprint density at radius 1 is 1.00 bits per heavy atom. The lowest BCUT2D eigenvalue weighted by Gasteiger charge is -2.15. The van der Waals surface area contributed by atoms with E-state index in [1.54, 1.807) is 42.5 Å². The molecule has 0 aliphatic carbocycles. The lowest BCUT2D eigenvalue weighted by molar-refractivity contribution is -0.114. The molecule has 3 aromatic carbocycles. The number of aromatic nitrogens is 2. The topological polar surface area (TPSA) is 93.1 Å². The van der Waals surface area contributed by atoms with Crippen LogP contribution in [0.15, 0.2) is 76.7 Å². The van der Waals surface area contributed by atoms with Crippen LogP contribution in [0.3, 0.4) is 0 Å². The fraction of sp³-hybridized carbons (Fsp3) is 0.120. The zero-order valence-electron chi connectivity index (χ0n) is 18.5. The Bertz CT molecular complexity index is 1470. The number of carbonyl (C=O) groups is 2. The molecule has 4 aromatic rings. The third kappa shape index (κ3) is 5.30.